The maximum Gasteiger partial charge on any atom is 0.259 e. The van der Waals surface area contributed by atoms with Crippen LogP contribution in [-0.4, -0.2) is 24.8 Å². The van der Waals surface area contributed by atoms with Gasteiger partial charge in [0.25, 0.3) is 5.91 Å². The van der Waals surface area contributed by atoms with Gasteiger partial charge in [-0.1, -0.05) is 0 Å². The lowest BCUT2D eigenvalue weighted by molar-refractivity contribution is -0.119. The van der Waals surface area contributed by atoms with Crippen LogP contribution in [0.15, 0.2) is 52.2 Å². The van der Waals surface area contributed by atoms with Crippen LogP contribution in [0.25, 0.3) is 0 Å². The van der Waals surface area contributed by atoms with E-state index in [1.807, 2.05) is 31.2 Å². The van der Waals surface area contributed by atoms with E-state index in [-0.39, 0.29) is 12.5 Å². The van der Waals surface area contributed by atoms with Crippen LogP contribution in [0.2, 0.25) is 0 Å². The number of furan rings is 1. The third-order valence-electron chi connectivity index (χ3n) is 2.84. The van der Waals surface area contributed by atoms with E-state index in [0.29, 0.717) is 18.1 Å². The molecule has 0 radical (unpaired) electrons. The predicted molar refractivity (Wildman–Crippen MR) is 85.2 cm³/mol. The highest BCUT2D eigenvalue weighted by molar-refractivity contribution is 5.96. The number of benzene rings is 1. The summed E-state index contributed by atoms with van der Waals surface area (Å²) in [6.45, 7) is 4.45. The summed E-state index contributed by atoms with van der Waals surface area (Å²) < 4.78 is 10.5. The summed E-state index contributed by atoms with van der Waals surface area (Å²) in [4.78, 5) is 11.7. The van der Waals surface area contributed by atoms with Gasteiger partial charge in [-0.25, -0.2) is 5.43 Å². The molecule has 0 aliphatic heterocycles. The van der Waals surface area contributed by atoms with Gasteiger partial charge in [-0.2, -0.15) is 5.10 Å². The highest BCUT2D eigenvalue weighted by Crippen LogP contribution is 2.15. The third-order valence-corrected chi connectivity index (χ3v) is 2.84. The molecule has 0 unspecified atom stereocenters. The van der Waals surface area contributed by atoms with Crippen molar-refractivity contribution in [1.29, 1.82) is 0 Å². The lowest BCUT2D eigenvalue weighted by Gasteiger charge is -2.07. The van der Waals surface area contributed by atoms with Gasteiger partial charge >= 0.3 is 0 Å². The molecule has 0 saturated heterocycles. The first kappa shape index (κ1) is 15.6. The molecule has 2 rings (SSSR count). The Morgan fingerprint density at radius 2 is 2.05 bits per heavy atom. The van der Waals surface area contributed by atoms with Crippen molar-refractivity contribution in [3.8, 4) is 5.75 Å². The number of hydrazone groups is 1. The summed E-state index contributed by atoms with van der Waals surface area (Å²) >= 11 is 0. The Hall–Kier alpha value is -2.76. The minimum absolute atomic E-state index is 0.128. The van der Waals surface area contributed by atoms with Gasteiger partial charge in [-0.05, 0) is 50.2 Å². The first-order valence-corrected chi connectivity index (χ1v) is 7.02. The Morgan fingerprint density at radius 3 is 2.68 bits per heavy atom. The molecular formula is C16H19N3O3. The summed E-state index contributed by atoms with van der Waals surface area (Å²) in [6.07, 6.45) is 1.56. The molecule has 1 aromatic heterocycles. The number of nitrogens with one attached hydrogen (secondary N) is 2. The average Bonchev–Trinajstić information content (AvgIpc) is 3.07. The number of ether oxygens (including phenoxy) is 1. The van der Waals surface area contributed by atoms with Crippen molar-refractivity contribution in [2.75, 3.05) is 18.5 Å². The zero-order valence-electron chi connectivity index (χ0n) is 12.6. The quantitative estimate of drug-likeness (QED) is 0.609. The fraction of sp³-hybridized carbons (Fsp3) is 0.250. The molecule has 2 N–H and O–H groups in total. The molecule has 0 aliphatic carbocycles. The molecule has 1 heterocycles. The predicted octanol–water partition coefficient (Wildman–Crippen LogP) is 2.63. The van der Waals surface area contributed by atoms with Crippen LogP contribution < -0.4 is 15.5 Å². The second-order valence-corrected chi connectivity index (χ2v) is 4.52. The van der Waals surface area contributed by atoms with Crippen LogP contribution in [0.4, 0.5) is 5.69 Å². The summed E-state index contributed by atoms with van der Waals surface area (Å²) in [5.41, 5.74) is 3.92. The first-order chi connectivity index (χ1) is 10.7. The number of nitrogens with zero attached hydrogens (tertiary/aromatic N) is 1. The summed E-state index contributed by atoms with van der Waals surface area (Å²) in [6, 6.07) is 11.0. The van der Waals surface area contributed by atoms with Crippen LogP contribution >= 0.6 is 0 Å². The largest absolute Gasteiger partial charge is 0.494 e. The summed E-state index contributed by atoms with van der Waals surface area (Å²) in [5.74, 6) is 1.19. The van der Waals surface area contributed by atoms with Gasteiger partial charge in [0.15, 0.2) is 0 Å². The second-order valence-electron chi connectivity index (χ2n) is 4.52. The van der Waals surface area contributed by atoms with Crippen molar-refractivity contribution in [3.05, 3.63) is 48.4 Å². The molecule has 22 heavy (non-hydrogen) atoms. The Labute approximate surface area is 129 Å². The second kappa shape index (κ2) is 7.87. The van der Waals surface area contributed by atoms with Gasteiger partial charge in [0.05, 0.1) is 19.4 Å². The van der Waals surface area contributed by atoms with Crippen LogP contribution in [0.1, 0.15) is 19.6 Å². The van der Waals surface area contributed by atoms with Crippen molar-refractivity contribution in [3.63, 3.8) is 0 Å². The Bertz CT molecular complexity index is 619. The van der Waals surface area contributed by atoms with Gasteiger partial charge in [-0.3, -0.25) is 4.79 Å². The van der Waals surface area contributed by atoms with Crippen LogP contribution in [0, 0.1) is 0 Å². The average molecular weight is 301 g/mol. The lowest BCUT2D eigenvalue weighted by Crippen LogP contribution is -2.26. The topological polar surface area (TPSA) is 75.9 Å². The number of carbonyl (C=O) groups excluding carboxylic acids is 1. The van der Waals surface area contributed by atoms with E-state index >= 15 is 0 Å². The monoisotopic (exact) mass is 301 g/mol. The zero-order valence-corrected chi connectivity index (χ0v) is 12.6. The Balaban J connectivity index is 1.79. The van der Waals surface area contributed by atoms with E-state index in [1.54, 1.807) is 25.3 Å². The van der Waals surface area contributed by atoms with Crippen LogP contribution in [-0.2, 0) is 4.79 Å². The van der Waals surface area contributed by atoms with Crippen LogP contribution in [0.3, 0.4) is 0 Å². The van der Waals surface area contributed by atoms with E-state index < -0.39 is 0 Å². The maximum absolute atomic E-state index is 11.7. The number of rotatable bonds is 7. The molecule has 0 spiro atoms. The molecule has 0 bridgehead atoms. The van der Waals surface area contributed by atoms with Gasteiger partial charge in [0, 0.05) is 5.69 Å². The molecule has 0 fully saturated rings. The van der Waals surface area contributed by atoms with E-state index in [9.17, 15) is 4.79 Å². The fourth-order valence-electron chi connectivity index (χ4n) is 1.74. The summed E-state index contributed by atoms with van der Waals surface area (Å²) in [7, 11) is 0. The zero-order chi connectivity index (χ0) is 15.8. The third kappa shape index (κ3) is 4.66. The first-order valence-electron chi connectivity index (χ1n) is 7.02. The van der Waals surface area contributed by atoms with E-state index in [2.05, 4.69) is 15.8 Å². The molecule has 1 aromatic carbocycles. The van der Waals surface area contributed by atoms with Gasteiger partial charge < -0.3 is 14.5 Å². The molecular weight excluding hydrogens is 282 g/mol. The molecule has 1 amide bonds. The molecule has 0 saturated carbocycles. The number of hydrogen-bond donors (Lipinski definition) is 2. The fourth-order valence-corrected chi connectivity index (χ4v) is 1.74. The standard InChI is InChI=1S/C16H19N3O3/c1-3-21-14-8-6-13(7-9-14)17-11-16(20)19-18-12(2)15-5-4-10-22-15/h4-10,17H,3,11H2,1-2H3,(H,19,20)/b18-12-. The van der Waals surface area contributed by atoms with E-state index in [0.717, 1.165) is 11.4 Å². The van der Waals surface area contributed by atoms with Crippen molar-refractivity contribution >= 4 is 17.3 Å². The Morgan fingerprint density at radius 1 is 1.27 bits per heavy atom. The van der Waals surface area contributed by atoms with E-state index in [1.165, 1.54) is 0 Å². The number of anilines is 1. The maximum atomic E-state index is 11.7. The lowest BCUT2D eigenvalue weighted by atomic mass is 10.3. The highest BCUT2D eigenvalue weighted by Gasteiger charge is 2.03. The molecule has 2 aromatic rings. The summed E-state index contributed by atoms with van der Waals surface area (Å²) in [5, 5.41) is 6.99. The SMILES string of the molecule is CCOc1ccc(NCC(=O)N/N=C(/C)c2ccco2)cc1. The normalized spacial score (nSPS) is 11.1. The molecule has 116 valence electrons. The molecule has 6 nitrogen and oxygen atoms in total. The smallest absolute Gasteiger partial charge is 0.259 e. The Kier molecular flexibility index (Phi) is 5.59. The van der Waals surface area contributed by atoms with Crippen LogP contribution in [0.5, 0.6) is 5.75 Å². The number of amides is 1. The highest BCUT2D eigenvalue weighted by atomic mass is 16.5. The molecule has 0 aliphatic rings. The van der Waals surface area contributed by atoms with Gasteiger partial charge in [0.1, 0.15) is 17.2 Å². The van der Waals surface area contributed by atoms with Gasteiger partial charge in [0.2, 0.25) is 0 Å². The van der Waals surface area contributed by atoms with Crippen molar-refractivity contribution < 1.29 is 13.9 Å². The number of hydrogen-bond acceptors (Lipinski definition) is 5. The van der Waals surface area contributed by atoms with Crippen molar-refractivity contribution in [2.45, 2.75) is 13.8 Å². The van der Waals surface area contributed by atoms with Crippen molar-refractivity contribution in [1.82, 2.24) is 5.43 Å². The minimum atomic E-state index is -0.236. The van der Waals surface area contributed by atoms with Gasteiger partial charge in [-0.15, -0.1) is 0 Å². The molecule has 6 heteroatoms. The van der Waals surface area contributed by atoms with E-state index in [4.69, 9.17) is 9.15 Å². The number of carbonyl (C=O) groups is 1. The minimum Gasteiger partial charge on any atom is -0.494 e. The van der Waals surface area contributed by atoms with Crippen molar-refractivity contribution in [2.24, 2.45) is 5.10 Å². The molecule has 0 atom stereocenters.